The van der Waals surface area contributed by atoms with Crippen LogP contribution in [0.15, 0.2) is 84.5 Å². The van der Waals surface area contributed by atoms with Crippen molar-refractivity contribution >= 4 is 23.3 Å². The number of fused-ring (bicyclic) bond motifs is 3. The average Bonchev–Trinajstić information content (AvgIpc) is 3.40. The van der Waals surface area contributed by atoms with E-state index in [1.54, 1.807) is 18.2 Å². The standard InChI is InChI=1S/C34H30O7/c1-19-15-27-28(24-11-6-12-31-32(24)41-18-40-31)16-20(13-14-30(35)23-9-4-5-10-25(23)33(36)37)26(34(38)39)17-29(27)22-8-3-2-7-21(19)22/h2-14,19-20,26,28H,15-18H2,1H3,(H,36,37)(H,38,39)/b14-13+/t19-,20?,26?,28?/m1/s1. The molecule has 0 amide bonds. The number of rotatable bonds is 6. The quantitative estimate of drug-likeness (QED) is 0.259. The fraction of sp³-hybridized carbons (Fsp3) is 0.265. The Labute approximate surface area is 237 Å². The maximum atomic E-state index is 13.2. The first-order chi connectivity index (χ1) is 19.8. The molecule has 1 heterocycles. The molecule has 3 aromatic carbocycles. The van der Waals surface area contributed by atoms with Gasteiger partial charge >= 0.3 is 11.9 Å². The molecule has 0 fully saturated rings. The summed E-state index contributed by atoms with van der Waals surface area (Å²) in [6.07, 6.45) is 4.58. The summed E-state index contributed by atoms with van der Waals surface area (Å²) in [5.41, 5.74) is 5.47. The van der Waals surface area contributed by atoms with E-state index in [0.29, 0.717) is 24.3 Å². The molecule has 7 heteroatoms. The molecule has 208 valence electrons. The molecular weight excluding hydrogens is 520 g/mol. The first-order valence-electron chi connectivity index (χ1n) is 13.8. The molecule has 6 rings (SSSR count). The van der Waals surface area contributed by atoms with E-state index in [4.69, 9.17) is 9.47 Å². The highest BCUT2D eigenvalue weighted by atomic mass is 16.7. The zero-order chi connectivity index (χ0) is 28.7. The van der Waals surface area contributed by atoms with E-state index in [1.807, 2.05) is 30.3 Å². The summed E-state index contributed by atoms with van der Waals surface area (Å²) >= 11 is 0. The maximum Gasteiger partial charge on any atom is 0.336 e. The topological polar surface area (TPSA) is 110 Å². The van der Waals surface area contributed by atoms with Gasteiger partial charge in [0.15, 0.2) is 17.3 Å². The average molecular weight is 551 g/mol. The molecule has 2 aliphatic carbocycles. The summed E-state index contributed by atoms with van der Waals surface area (Å²) in [6.45, 7) is 2.33. The van der Waals surface area contributed by atoms with Gasteiger partial charge in [0.05, 0.1) is 11.5 Å². The number of ether oxygens (including phenoxy) is 2. The third-order valence-corrected chi connectivity index (χ3v) is 8.64. The van der Waals surface area contributed by atoms with Crippen molar-refractivity contribution in [3.05, 3.63) is 112 Å². The molecule has 0 saturated carbocycles. The van der Waals surface area contributed by atoms with Crippen molar-refractivity contribution in [1.29, 1.82) is 0 Å². The second kappa shape index (κ2) is 10.7. The molecule has 3 aliphatic rings. The van der Waals surface area contributed by atoms with Crippen LogP contribution in [0.2, 0.25) is 0 Å². The minimum Gasteiger partial charge on any atom is -0.481 e. The van der Waals surface area contributed by atoms with Crippen molar-refractivity contribution in [2.45, 2.75) is 38.0 Å². The van der Waals surface area contributed by atoms with E-state index in [0.717, 1.165) is 23.1 Å². The molecule has 4 atom stereocenters. The van der Waals surface area contributed by atoms with E-state index in [-0.39, 0.29) is 29.8 Å². The van der Waals surface area contributed by atoms with Crippen LogP contribution < -0.4 is 9.47 Å². The minimum atomic E-state index is -1.19. The summed E-state index contributed by atoms with van der Waals surface area (Å²) in [6, 6.07) is 20.1. The predicted octanol–water partition coefficient (Wildman–Crippen LogP) is 6.71. The Kier molecular flexibility index (Phi) is 6.95. The Morgan fingerprint density at radius 2 is 1.59 bits per heavy atom. The van der Waals surface area contributed by atoms with Gasteiger partial charge in [0.2, 0.25) is 6.79 Å². The monoisotopic (exact) mass is 550 g/mol. The molecule has 0 saturated heterocycles. The number of benzene rings is 3. The highest BCUT2D eigenvalue weighted by Crippen LogP contribution is 2.54. The van der Waals surface area contributed by atoms with Gasteiger partial charge in [-0.15, -0.1) is 0 Å². The Morgan fingerprint density at radius 3 is 2.37 bits per heavy atom. The number of aromatic carboxylic acids is 1. The van der Waals surface area contributed by atoms with E-state index < -0.39 is 29.6 Å². The number of carboxylic acid groups (broad SMARTS) is 2. The molecule has 7 nitrogen and oxygen atoms in total. The van der Waals surface area contributed by atoms with Gasteiger partial charge in [-0.05, 0) is 66.0 Å². The van der Waals surface area contributed by atoms with Crippen molar-refractivity contribution in [1.82, 2.24) is 0 Å². The number of ketones is 1. The SMILES string of the molecule is C[C@@H]1CC2=C(CC(C(=O)O)C(/C=C/C(=O)c3ccccc3C(=O)O)CC2c2cccc3c2OCO3)c2ccccc21. The Balaban J connectivity index is 1.46. The lowest BCUT2D eigenvalue weighted by Gasteiger charge is -2.32. The molecule has 0 aromatic heterocycles. The number of hydrogen-bond donors (Lipinski definition) is 2. The van der Waals surface area contributed by atoms with E-state index >= 15 is 0 Å². The molecule has 3 unspecified atom stereocenters. The van der Waals surface area contributed by atoms with Crippen LogP contribution in [0.3, 0.4) is 0 Å². The van der Waals surface area contributed by atoms with Crippen LogP contribution in [0.5, 0.6) is 11.5 Å². The normalized spacial score (nSPS) is 23.0. The van der Waals surface area contributed by atoms with Crippen molar-refractivity contribution in [2.75, 3.05) is 6.79 Å². The molecule has 0 radical (unpaired) electrons. The van der Waals surface area contributed by atoms with Crippen molar-refractivity contribution in [3.63, 3.8) is 0 Å². The molecule has 2 N–H and O–H groups in total. The fourth-order valence-corrected chi connectivity index (χ4v) is 6.69. The molecule has 41 heavy (non-hydrogen) atoms. The Bertz CT molecular complexity index is 1610. The number of aliphatic carboxylic acids is 1. The van der Waals surface area contributed by atoms with E-state index in [2.05, 4.69) is 19.1 Å². The predicted molar refractivity (Wildman–Crippen MR) is 152 cm³/mol. The van der Waals surface area contributed by atoms with Crippen LogP contribution in [-0.4, -0.2) is 34.7 Å². The molecule has 0 spiro atoms. The number of carbonyl (C=O) groups excluding carboxylic acids is 1. The first-order valence-corrected chi connectivity index (χ1v) is 13.8. The lowest BCUT2D eigenvalue weighted by molar-refractivity contribution is -0.142. The van der Waals surface area contributed by atoms with Gasteiger partial charge in [-0.2, -0.15) is 0 Å². The number of carbonyl (C=O) groups is 3. The van der Waals surface area contributed by atoms with Crippen LogP contribution >= 0.6 is 0 Å². The summed E-state index contributed by atoms with van der Waals surface area (Å²) in [5.74, 6) is -2.42. The number of allylic oxidation sites excluding steroid dienone is 4. The van der Waals surface area contributed by atoms with Gasteiger partial charge in [-0.3, -0.25) is 9.59 Å². The summed E-state index contributed by atoms with van der Waals surface area (Å²) in [5, 5.41) is 20.0. The summed E-state index contributed by atoms with van der Waals surface area (Å²) in [4.78, 5) is 37.7. The van der Waals surface area contributed by atoms with Crippen molar-refractivity contribution in [2.24, 2.45) is 11.8 Å². The number of carboxylic acids is 2. The summed E-state index contributed by atoms with van der Waals surface area (Å²) < 4.78 is 11.6. The highest BCUT2D eigenvalue weighted by molar-refractivity contribution is 6.11. The Morgan fingerprint density at radius 1 is 0.854 bits per heavy atom. The van der Waals surface area contributed by atoms with Crippen LogP contribution in [0, 0.1) is 11.8 Å². The molecule has 3 aromatic rings. The minimum absolute atomic E-state index is 0.0693. The van der Waals surface area contributed by atoms with Gasteiger partial charge in [-0.25, -0.2) is 4.79 Å². The van der Waals surface area contributed by atoms with E-state index in [1.165, 1.54) is 29.3 Å². The van der Waals surface area contributed by atoms with Gasteiger partial charge in [-0.1, -0.05) is 73.2 Å². The first kappa shape index (κ1) is 26.6. The lowest BCUT2D eigenvalue weighted by Crippen LogP contribution is -2.23. The second-order valence-corrected chi connectivity index (χ2v) is 11.0. The second-order valence-electron chi connectivity index (χ2n) is 11.0. The number of para-hydroxylation sites is 1. The summed E-state index contributed by atoms with van der Waals surface area (Å²) in [7, 11) is 0. The molecule has 0 bridgehead atoms. The number of hydrogen-bond acceptors (Lipinski definition) is 5. The molecular formula is C34H30O7. The lowest BCUT2D eigenvalue weighted by atomic mass is 9.73. The van der Waals surface area contributed by atoms with Crippen LogP contribution in [0.25, 0.3) is 5.57 Å². The zero-order valence-corrected chi connectivity index (χ0v) is 22.6. The van der Waals surface area contributed by atoms with Gasteiger partial charge in [0.25, 0.3) is 0 Å². The zero-order valence-electron chi connectivity index (χ0n) is 22.6. The third-order valence-electron chi connectivity index (χ3n) is 8.64. The van der Waals surface area contributed by atoms with Crippen LogP contribution in [-0.2, 0) is 4.79 Å². The van der Waals surface area contributed by atoms with Crippen molar-refractivity contribution < 1.29 is 34.1 Å². The van der Waals surface area contributed by atoms with Crippen molar-refractivity contribution in [3.8, 4) is 11.5 Å². The largest absolute Gasteiger partial charge is 0.481 e. The maximum absolute atomic E-state index is 13.2. The van der Waals surface area contributed by atoms with E-state index in [9.17, 15) is 24.6 Å². The van der Waals surface area contributed by atoms with Gasteiger partial charge in [0.1, 0.15) is 0 Å². The van der Waals surface area contributed by atoms with Gasteiger partial charge < -0.3 is 19.7 Å². The molecule has 1 aliphatic heterocycles. The third kappa shape index (κ3) is 4.82. The van der Waals surface area contributed by atoms with Crippen LogP contribution in [0.1, 0.15) is 75.4 Å². The fourth-order valence-electron chi connectivity index (χ4n) is 6.69. The van der Waals surface area contributed by atoms with Gasteiger partial charge in [0, 0.05) is 17.0 Å². The highest BCUT2D eigenvalue weighted by Gasteiger charge is 2.40. The Hall–Kier alpha value is -4.65. The smallest absolute Gasteiger partial charge is 0.336 e. The van der Waals surface area contributed by atoms with Crippen LogP contribution in [0.4, 0.5) is 0 Å².